The molecule has 1 fully saturated rings. The van der Waals surface area contributed by atoms with Crippen LogP contribution < -0.4 is 5.32 Å². The number of rotatable bonds is 5. The van der Waals surface area contributed by atoms with Gasteiger partial charge in [0, 0.05) is 12.7 Å². The van der Waals surface area contributed by atoms with Gasteiger partial charge < -0.3 is 10.2 Å². The number of nitrogens with zero attached hydrogens (tertiary/aromatic N) is 4. The number of hydrogen-bond donors (Lipinski definition) is 1. The summed E-state index contributed by atoms with van der Waals surface area (Å²) in [6, 6.07) is 4.05. The lowest BCUT2D eigenvalue weighted by atomic mass is 10.3. The summed E-state index contributed by atoms with van der Waals surface area (Å²) in [5.41, 5.74) is 2.09. The number of pyridine rings is 1. The highest BCUT2D eigenvalue weighted by Gasteiger charge is 2.10. The van der Waals surface area contributed by atoms with Crippen LogP contribution in [0.3, 0.4) is 0 Å². The van der Waals surface area contributed by atoms with Crippen LogP contribution in [0.1, 0.15) is 24.8 Å². The fourth-order valence-electron chi connectivity index (χ4n) is 2.57. The highest BCUT2D eigenvalue weighted by atomic mass is 15.3. The number of likely N-dealkylation sites (tertiary alicyclic amines) is 1. The van der Waals surface area contributed by atoms with Crippen molar-refractivity contribution in [3.8, 4) is 0 Å². The van der Waals surface area contributed by atoms with E-state index in [1.807, 2.05) is 16.8 Å². The molecule has 5 nitrogen and oxygen atoms in total. The lowest BCUT2D eigenvalue weighted by Crippen LogP contribution is -2.22. The summed E-state index contributed by atoms with van der Waals surface area (Å²) in [5.74, 6) is 0.729. The Morgan fingerprint density at radius 1 is 1.26 bits per heavy atom. The van der Waals surface area contributed by atoms with Crippen LogP contribution in [0, 0.1) is 6.92 Å². The third-order valence-corrected chi connectivity index (χ3v) is 3.61. The van der Waals surface area contributed by atoms with Gasteiger partial charge in [-0.2, -0.15) is 4.98 Å². The van der Waals surface area contributed by atoms with Crippen LogP contribution >= 0.6 is 0 Å². The van der Waals surface area contributed by atoms with Crippen molar-refractivity contribution in [2.24, 2.45) is 0 Å². The van der Waals surface area contributed by atoms with Crippen LogP contribution in [0.5, 0.6) is 0 Å². The predicted octanol–water partition coefficient (Wildman–Crippen LogP) is 1.94. The summed E-state index contributed by atoms with van der Waals surface area (Å²) in [6.45, 7) is 6.72. The van der Waals surface area contributed by atoms with Gasteiger partial charge in [-0.25, -0.2) is 4.52 Å². The first kappa shape index (κ1) is 12.4. The number of aryl methyl sites for hydroxylation is 1. The molecule has 1 aliphatic rings. The Balaban J connectivity index is 1.50. The first-order valence-corrected chi connectivity index (χ1v) is 7.10. The van der Waals surface area contributed by atoms with Crippen LogP contribution in [-0.2, 0) is 0 Å². The van der Waals surface area contributed by atoms with Crippen LogP contribution in [0.4, 0.5) is 5.95 Å². The molecule has 0 unspecified atom stereocenters. The lowest BCUT2D eigenvalue weighted by Gasteiger charge is -2.13. The molecule has 0 aromatic carbocycles. The van der Waals surface area contributed by atoms with E-state index in [2.05, 4.69) is 33.3 Å². The Hall–Kier alpha value is -1.62. The van der Waals surface area contributed by atoms with Gasteiger partial charge in [-0.05, 0) is 57.5 Å². The van der Waals surface area contributed by atoms with E-state index in [0.29, 0.717) is 0 Å². The number of hydrogen-bond acceptors (Lipinski definition) is 4. The van der Waals surface area contributed by atoms with Crippen LogP contribution in [-0.4, -0.2) is 45.7 Å². The third-order valence-electron chi connectivity index (χ3n) is 3.61. The van der Waals surface area contributed by atoms with Crippen molar-refractivity contribution >= 4 is 11.6 Å². The van der Waals surface area contributed by atoms with Crippen LogP contribution in [0.2, 0.25) is 0 Å². The van der Waals surface area contributed by atoms with Gasteiger partial charge in [0.15, 0.2) is 5.65 Å². The monoisotopic (exact) mass is 259 g/mol. The maximum absolute atomic E-state index is 4.45. The topological polar surface area (TPSA) is 45.5 Å². The number of nitrogens with one attached hydrogen (secondary N) is 1. The van der Waals surface area contributed by atoms with Crippen molar-refractivity contribution in [2.75, 3.05) is 31.5 Å². The zero-order valence-corrected chi connectivity index (χ0v) is 11.5. The Morgan fingerprint density at radius 2 is 2.11 bits per heavy atom. The molecular formula is C14H21N5. The van der Waals surface area contributed by atoms with Gasteiger partial charge in [0.1, 0.15) is 0 Å². The summed E-state index contributed by atoms with van der Waals surface area (Å²) in [4.78, 5) is 6.98. The van der Waals surface area contributed by atoms with E-state index in [4.69, 9.17) is 0 Å². The molecule has 2 aromatic rings. The summed E-state index contributed by atoms with van der Waals surface area (Å²) in [6.07, 6.45) is 5.87. The number of fused-ring (bicyclic) bond motifs is 1. The molecule has 2 aromatic heterocycles. The molecule has 3 heterocycles. The molecule has 5 heteroatoms. The van der Waals surface area contributed by atoms with E-state index >= 15 is 0 Å². The maximum Gasteiger partial charge on any atom is 0.243 e. The van der Waals surface area contributed by atoms with E-state index < -0.39 is 0 Å². The number of aromatic nitrogens is 3. The number of anilines is 1. The molecule has 19 heavy (non-hydrogen) atoms. The SMILES string of the molecule is Cc1ccc2nc(NCCCN3CCCC3)nn2c1. The summed E-state index contributed by atoms with van der Waals surface area (Å²) in [7, 11) is 0. The van der Waals surface area contributed by atoms with Crippen molar-refractivity contribution < 1.29 is 0 Å². The largest absolute Gasteiger partial charge is 0.353 e. The Bertz CT molecular complexity index is 542. The average molecular weight is 259 g/mol. The normalized spacial score (nSPS) is 16.3. The molecule has 0 spiro atoms. The second-order valence-corrected chi connectivity index (χ2v) is 5.27. The molecule has 1 aliphatic heterocycles. The molecule has 0 aliphatic carbocycles. The predicted molar refractivity (Wildman–Crippen MR) is 76.5 cm³/mol. The fraction of sp³-hybridized carbons (Fsp3) is 0.571. The second kappa shape index (κ2) is 5.57. The molecule has 1 saturated heterocycles. The minimum atomic E-state index is 0.729. The summed E-state index contributed by atoms with van der Waals surface area (Å²) in [5, 5.41) is 7.73. The third kappa shape index (κ3) is 3.04. The van der Waals surface area contributed by atoms with Gasteiger partial charge in [-0.1, -0.05) is 6.07 Å². The molecule has 1 N–H and O–H groups in total. The minimum Gasteiger partial charge on any atom is -0.353 e. The fourth-order valence-corrected chi connectivity index (χ4v) is 2.57. The van der Waals surface area contributed by atoms with Gasteiger partial charge in [0.05, 0.1) is 0 Å². The molecule has 0 bridgehead atoms. The van der Waals surface area contributed by atoms with Crippen LogP contribution in [0.25, 0.3) is 5.65 Å². The molecule has 0 radical (unpaired) electrons. The Morgan fingerprint density at radius 3 is 2.95 bits per heavy atom. The Kier molecular flexibility index (Phi) is 3.64. The maximum atomic E-state index is 4.45. The van der Waals surface area contributed by atoms with E-state index in [1.54, 1.807) is 0 Å². The quantitative estimate of drug-likeness (QED) is 0.833. The first-order valence-electron chi connectivity index (χ1n) is 7.10. The second-order valence-electron chi connectivity index (χ2n) is 5.27. The molecule has 0 atom stereocenters. The van der Waals surface area contributed by atoms with Crippen molar-refractivity contribution in [3.63, 3.8) is 0 Å². The molecule has 102 valence electrons. The van der Waals surface area contributed by atoms with Crippen molar-refractivity contribution in [2.45, 2.75) is 26.2 Å². The standard InChI is InChI=1S/C14H21N5/c1-12-5-6-13-16-14(17-19(13)11-12)15-7-4-10-18-8-2-3-9-18/h5-6,11H,2-4,7-10H2,1H3,(H,15,17). The van der Waals surface area contributed by atoms with Crippen molar-refractivity contribution in [1.29, 1.82) is 0 Å². The highest BCUT2D eigenvalue weighted by Crippen LogP contribution is 2.09. The highest BCUT2D eigenvalue weighted by molar-refractivity contribution is 5.43. The minimum absolute atomic E-state index is 0.729. The zero-order chi connectivity index (χ0) is 13.1. The smallest absolute Gasteiger partial charge is 0.243 e. The summed E-state index contributed by atoms with van der Waals surface area (Å²) < 4.78 is 1.83. The van der Waals surface area contributed by atoms with Gasteiger partial charge in [0.2, 0.25) is 5.95 Å². The summed E-state index contributed by atoms with van der Waals surface area (Å²) >= 11 is 0. The van der Waals surface area contributed by atoms with E-state index in [-0.39, 0.29) is 0 Å². The van der Waals surface area contributed by atoms with Crippen molar-refractivity contribution in [3.05, 3.63) is 23.9 Å². The first-order chi connectivity index (χ1) is 9.31. The van der Waals surface area contributed by atoms with Crippen LogP contribution in [0.15, 0.2) is 18.3 Å². The van der Waals surface area contributed by atoms with E-state index in [1.165, 1.54) is 38.0 Å². The van der Waals surface area contributed by atoms with Gasteiger partial charge in [-0.15, -0.1) is 5.10 Å². The molecule has 3 rings (SSSR count). The molecule has 0 saturated carbocycles. The van der Waals surface area contributed by atoms with E-state index in [9.17, 15) is 0 Å². The van der Waals surface area contributed by atoms with Gasteiger partial charge in [-0.3, -0.25) is 0 Å². The zero-order valence-electron chi connectivity index (χ0n) is 11.5. The van der Waals surface area contributed by atoms with Gasteiger partial charge in [0.25, 0.3) is 0 Å². The van der Waals surface area contributed by atoms with E-state index in [0.717, 1.165) is 24.6 Å². The molecule has 0 amide bonds. The van der Waals surface area contributed by atoms with Gasteiger partial charge >= 0.3 is 0 Å². The Labute approximate surface area is 113 Å². The van der Waals surface area contributed by atoms with Crippen molar-refractivity contribution in [1.82, 2.24) is 19.5 Å². The lowest BCUT2D eigenvalue weighted by molar-refractivity contribution is 0.337. The molecular weight excluding hydrogens is 238 g/mol. The average Bonchev–Trinajstić information content (AvgIpc) is 3.02.